The Morgan fingerprint density at radius 1 is 0.558 bits per heavy atom. The van der Waals surface area contributed by atoms with Crippen molar-refractivity contribution < 1.29 is 57.3 Å². The van der Waals surface area contributed by atoms with Gasteiger partial charge in [-0.05, 0) is 38.8 Å². The Bertz CT molecular complexity index is 1370. The number of hydrogen-bond acceptors (Lipinski definition) is 1. The molecular formula is C29H26BF12O-. The van der Waals surface area contributed by atoms with Crippen molar-refractivity contribution in [3.63, 3.8) is 0 Å². The SMILES string of the molecule is CCCCc1cc([B-](OC(C)C)(c2ccc(C(F)(F)F)cc2)c2cc(C(F)(F)F)cc(C(F)(F)F)c2)cc(C(F)(F)F)c1. The first-order chi connectivity index (χ1) is 19.6. The van der Waals surface area contributed by atoms with Crippen molar-refractivity contribution in [2.24, 2.45) is 0 Å². The molecule has 236 valence electrons. The van der Waals surface area contributed by atoms with Crippen molar-refractivity contribution in [1.29, 1.82) is 0 Å². The molecule has 0 saturated carbocycles. The number of hydrogen-bond donors (Lipinski definition) is 0. The van der Waals surface area contributed by atoms with Gasteiger partial charge in [0.2, 0.25) is 0 Å². The van der Waals surface area contributed by atoms with Crippen LogP contribution in [0.5, 0.6) is 0 Å². The number of rotatable bonds is 8. The van der Waals surface area contributed by atoms with Crippen molar-refractivity contribution in [2.45, 2.75) is 70.8 Å². The molecule has 0 bridgehead atoms. The third-order valence-electron chi connectivity index (χ3n) is 6.89. The Hall–Kier alpha value is -3.16. The van der Waals surface area contributed by atoms with E-state index in [-0.39, 0.29) is 23.5 Å². The average Bonchev–Trinajstić information content (AvgIpc) is 2.88. The molecule has 0 aliphatic rings. The van der Waals surface area contributed by atoms with E-state index in [0.717, 1.165) is 18.2 Å². The first-order valence-electron chi connectivity index (χ1n) is 13.1. The van der Waals surface area contributed by atoms with Crippen LogP contribution in [0.1, 0.15) is 61.4 Å². The molecule has 0 fully saturated rings. The monoisotopic (exact) mass is 629 g/mol. The van der Waals surface area contributed by atoms with E-state index in [0.29, 0.717) is 43.2 Å². The van der Waals surface area contributed by atoms with Crippen molar-refractivity contribution in [1.82, 2.24) is 0 Å². The molecule has 0 aliphatic carbocycles. The molecule has 0 amide bonds. The summed E-state index contributed by atoms with van der Waals surface area (Å²) in [5.74, 6) is 0. The van der Waals surface area contributed by atoms with Crippen LogP contribution >= 0.6 is 0 Å². The summed E-state index contributed by atoms with van der Waals surface area (Å²) in [7, 11) is 0. The average molecular weight is 629 g/mol. The molecule has 0 radical (unpaired) electrons. The van der Waals surface area contributed by atoms with Crippen LogP contribution in [0.3, 0.4) is 0 Å². The molecular weight excluding hydrogens is 603 g/mol. The van der Waals surface area contributed by atoms with Gasteiger partial charge in [-0.1, -0.05) is 67.4 Å². The van der Waals surface area contributed by atoms with Crippen LogP contribution in [0, 0.1) is 0 Å². The molecule has 0 saturated heterocycles. The van der Waals surface area contributed by atoms with E-state index in [9.17, 15) is 52.7 Å². The maximum absolute atomic E-state index is 14.1. The Morgan fingerprint density at radius 3 is 1.37 bits per heavy atom. The molecule has 1 nitrogen and oxygen atoms in total. The fourth-order valence-corrected chi connectivity index (χ4v) is 5.02. The minimum Gasteiger partial charge on any atom is -0.577 e. The lowest BCUT2D eigenvalue weighted by Crippen LogP contribution is -2.70. The second-order valence-corrected chi connectivity index (χ2v) is 10.5. The summed E-state index contributed by atoms with van der Waals surface area (Å²) >= 11 is 0. The summed E-state index contributed by atoms with van der Waals surface area (Å²) in [5, 5.41) is 0. The molecule has 0 N–H and O–H groups in total. The molecule has 1 unspecified atom stereocenters. The van der Waals surface area contributed by atoms with Gasteiger partial charge in [0.1, 0.15) is 0 Å². The summed E-state index contributed by atoms with van der Waals surface area (Å²) in [6.45, 7) is 4.46. The highest BCUT2D eigenvalue weighted by molar-refractivity contribution is 7.07. The number of benzene rings is 3. The van der Waals surface area contributed by atoms with E-state index in [2.05, 4.69) is 0 Å². The summed E-state index contributed by atoms with van der Waals surface area (Å²) in [6.07, 6.45) is -24.1. The number of alkyl halides is 12. The third kappa shape index (κ3) is 7.87. The van der Waals surface area contributed by atoms with Crippen molar-refractivity contribution in [2.75, 3.05) is 0 Å². The largest absolute Gasteiger partial charge is 0.577 e. The molecule has 3 aromatic carbocycles. The van der Waals surface area contributed by atoms with Gasteiger partial charge in [-0.25, -0.2) is 0 Å². The van der Waals surface area contributed by atoms with Crippen LogP contribution in [0.15, 0.2) is 60.7 Å². The van der Waals surface area contributed by atoms with Crippen molar-refractivity contribution in [3.8, 4) is 0 Å². The van der Waals surface area contributed by atoms with Crippen LogP contribution in [-0.2, 0) is 35.8 Å². The van der Waals surface area contributed by atoms with Crippen LogP contribution in [0.25, 0.3) is 0 Å². The molecule has 3 rings (SSSR count). The maximum atomic E-state index is 14.1. The molecule has 0 aromatic heterocycles. The van der Waals surface area contributed by atoms with Gasteiger partial charge in [-0.3, -0.25) is 0 Å². The highest BCUT2D eigenvalue weighted by atomic mass is 19.4. The molecule has 0 aliphatic heterocycles. The maximum Gasteiger partial charge on any atom is 0.416 e. The molecule has 0 spiro atoms. The Kier molecular flexibility index (Phi) is 9.65. The molecule has 3 aromatic rings. The number of halogens is 12. The van der Waals surface area contributed by atoms with Gasteiger partial charge in [0.15, 0.2) is 6.35 Å². The second kappa shape index (κ2) is 12.1. The van der Waals surface area contributed by atoms with E-state index < -0.39 is 70.3 Å². The fraction of sp³-hybridized carbons (Fsp3) is 0.379. The van der Waals surface area contributed by atoms with Gasteiger partial charge < -0.3 is 4.65 Å². The minimum atomic E-state index is -5.32. The third-order valence-corrected chi connectivity index (χ3v) is 6.89. The number of aryl methyl sites for hydroxylation is 1. The molecule has 14 heteroatoms. The van der Waals surface area contributed by atoms with Crippen LogP contribution in [0.4, 0.5) is 52.7 Å². The zero-order valence-corrected chi connectivity index (χ0v) is 23.0. The Balaban J connectivity index is 2.59. The summed E-state index contributed by atoms with van der Waals surface area (Å²) in [5.41, 5.74) is -7.50. The van der Waals surface area contributed by atoms with Crippen LogP contribution < -0.4 is 16.4 Å². The Morgan fingerprint density at radius 2 is 0.977 bits per heavy atom. The summed E-state index contributed by atoms with van der Waals surface area (Å²) in [6, 6.07) is 5.76. The van der Waals surface area contributed by atoms with Crippen molar-refractivity contribution >= 4 is 22.7 Å². The van der Waals surface area contributed by atoms with Gasteiger partial charge in [0.05, 0.1) is 22.3 Å². The normalized spacial score (nSPS) is 14.7. The van der Waals surface area contributed by atoms with Gasteiger partial charge in [0.25, 0.3) is 0 Å². The van der Waals surface area contributed by atoms with Crippen LogP contribution in [-0.4, -0.2) is 12.5 Å². The smallest absolute Gasteiger partial charge is 0.416 e. The first kappa shape index (κ1) is 34.3. The number of unbranched alkanes of at least 4 members (excludes halogenated alkanes) is 1. The zero-order chi connectivity index (χ0) is 32.6. The van der Waals surface area contributed by atoms with Gasteiger partial charge >= 0.3 is 24.7 Å². The van der Waals surface area contributed by atoms with E-state index in [1.807, 2.05) is 0 Å². The zero-order valence-electron chi connectivity index (χ0n) is 23.0. The molecule has 43 heavy (non-hydrogen) atoms. The van der Waals surface area contributed by atoms with E-state index in [1.165, 1.54) is 19.9 Å². The minimum absolute atomic E-state index is 0.0696. The molecule has 0 heterocycles. The lowest BCUT2D eigenvalue weighted by Gasteiger charge is -2.46. The standard InChI is InChI=1S/C29H26BF12O/c1-4-5-6-18-11-20(27(34,35)36)14-24(12-18)30(43-17(2)3,23-9-7-19(8-10-23)26(31,32)33)25-15-21(28(37,38)39)13-22(16-25)29(40,41)42/h7-17H,4-6H2,1-3H3/q-1. The predicted molar refractivity (Wildman–Crippen MR) is 139 cm³/mol. The highest BCUT2D eigenvalue weighted by Gasteiger charge is 2.42. The predicted octanol–water partition coefficient (Wildman–Crippen LogP) is 8.50. The van der Waals surface area contributed by atoms with Gasteiger partial charge in [-0.2, -0.15) is 69.1 Å². The summed E-state index contributed by atoms with van der Waals surface area (Å²) < 4.78 is 172. The highest BCUT2D eigenvalue weighted by Crippen LogP contribution is 2.36. The van der Waals surface area contributed by atoms with E-state index in [4.69, 9.17) is 4.65 Å². The van der Waals surface area contributed by atoms with E-state index >= 15 is 0 Å². The second-order valence-electron chi connectivity index (χ2n) is 10.5. The van der Waals surface area contributed by atoms with Crippen molar-refractivity contribution in [3.05, 3.63) is 88.5 Å². The quantitative estimate of drug-likeness (QED) is 0.180. The van der Waals surface area contributed by atoms with Gasteiger partial charge in [0, 0.05) is 6.10 Å². The van der Waals surface area contributed by atoms with Crippen LogP contribution in [0.2, 0.25) is 0 Å². The topological polar surface area (TPSA) is 9.23 Å². The summed E-state index contributed by atoms with van der Waals surface area (Å²) in [4.78, 5) is 0. The lowest BCUT2D eigenvalue weighted by atomic mass is 9.28. The first-order valence-corrected chi connectivity index (χ1v) is 13.1. The van der Waals surface area contributed by atoms with E-state index in [1.54, 1.807) is 6.92 Å². The molecule has 1 atom stereocenters. The Labute approximate surface area is 239 Å². The fourth-order valence-electron chi connectivity index (χ4n) is 5.02. The van der Waals surface area contributed by atoms with Gasteiger partial charge in [-0.15, -0.1) is 0 Å². The lowest BCUT2D eigenvalue weighted by molar-refractivity contribution is -0.143.